The van der Waals surface area contributed by atoms with Crippen molar-refractivity contribution in [2.75, 3.05) is 39.6 Å². The molecule has 0 heterocycles. The zero-order valence-corrected chi connectivity index (χ0v) is 75.5. The molecule has 0 aromatic heterocycles. The Balaban J connectivity index is 5.15. The molecule has 2 unspecified atom stereocenters. The van der Waals surface area contributed by atoms with Gasteiger partial charge >= 0.3 is 39.5 Å². The number of rotatable bonds is 94. The van der Waals surface area contributed by atoms with Crippen LogP contribution in [0.1, 0.15) is 516 Å². The second-order valence-electron chi connectivity index (χ2n) is 33.4. The molecule has 0 rings (SSSR count). The maximum Gasteiger partial charge on any atom is 0.472 e. The van der Waals surface area contributed by atoms with Crippen LogP contribution in [0.25, 0.3) is 0 Å². The van der Waals surface area contributed by atoms with Gasteiger partial charge in [-0.05, 0) is 25.7 Å². The third-order valence-electron chi connectivity index (χ3n) is 22.1. The fourth-order valence-electron chi connectivity index (χ4n) is 14.8. The highest BCUT2D eigenvalue weighted by Crippen LogP contribution is 2.45. The lowest BCUT2D eigenvalue weighted by atomic mass is 10.0. The van der Waals surface area contributed by atoms with Crippen LogP contribution in [-0.4, -0.2) is 96.7 Å². The number of hydrogen-bond acceptors (Lipinski definition) is 15. The molecule has 0 saturated carbocycles. The number of esters is 4. The number of phosphoric ester groups is 2. The lowest BCUT2D eigenvalue weighted by molar-refractivity contribution is -0.161. The predicted molar refractivity (Wildman–Crippen MR) is 465 cm³/mol. The van der Waals surface area contributed by atoms with Gasteiger partial charge in [-0.25, -0.2) is 9.13 Å². The van der Waals surface area contributed by atoms with Crippen LogP contribution in [0, 0.1) is 0 Å². The first kappa shape index (κ1) is 110. The third kappa shape index (κ3) is 85.9. The normalized spacial score (nSPS) is 13.6. The maximum atomic E-state index is 13.2. The number of aliphatic hydroxyl groups excluding tert-OH is 1. The van der Waals surface area contributed by atoms with E-state index in [1.54, 1.807) is 0 Å². The van der Waals surface area contributed by atoms with E-state index in [1.807, 2.05) is 0 Å². The van der Waals surface area contributed by atoms with E-state index in [4.69, 9.17) is 37.0 Å². The van der Waals surface area contributed by atoms with Crippen molar-refractivity contribution in [2.24, 2.45) is 0 Å². The number of phosphoric acid groups is 2. The minimum absolute atomic E-state index is 0.109. The van der Waals surface area contributed by atoms with Crippen LogP contribution >= 0.6 is 15.6 Å². The number of carbonyl (C=O) groups excluding carboxylic acids is 4. The Morgan fingerprint density at radius 2 is 0.357 bits per heavy atom. The van der Waals surface area contributed by atoms with Crippen molar-refractivity contribution in [3.05, 3.63) is 0 Å². The highest BCUT2D eigenvalue weighted by Gasteiger charge is 2.31. The van der Waals surface area contributed by atoms with Gasteiger partial charge in [0.2, 0.25) is 0 Å². The molecule has 3 N–H and O–H groups in total. The van der Waals surface area contributed by atoms with Crippen molar-refractivity contribution < 1.29 is 80.2 Å². The molecule has 0 aliphatic rings. The van der Waals surface area contributed by atoms with Crippen LogP contribution in [0.15, 0.2) is 0 Å². The lowest BCUT2D eigenvalue weighted by Crippen LogP contribution is -2.30. The number of carbonyl (C=O) groups is 4. The topological polar surface area (TPSA) is 237 Å². The summed E-state index contributed by atoms with van der Waals surface area (Å²) in [5, 5.41) is 10.7. The Labute approximate surface area is 689 Å². The molecule has 666 valence electrons. The number of hydrogen-bond donors (Lipinski definition) is 3. The Kier molecular flexibility index (Phi) is 85.4. The van der Waals surface area contributed by atoms with E-state index >= 15 is 0 Å². The van der Waals surface area contributed by atoms with Crippen LogP contribution < -0.4 is 0 Å². The van der Waals surface area contributed by atoms with E-state index in [9.17, 15) is 43.2 Å². The van der Waals surface area contributed by atoms with Gasteiger partial charge < -0.3 is 33.8 Å². The zero-order valence-electron chi connectivity index (χ0n) is 73.7. The summed E-state index contributed by atoms with van der Waals surface area (Å²) in [6.07, 6.45) is 85.2. The maximum absolute atomic E-state index is 13.2. The van der Waals surface area contributed by atoms with Crippen molar-refractivity contribution in [2.45, 2.75) is 534 Å². The zero-order chi connectivity index (χ0) is 81.7. The molecule has 0 bridgehead atoms. The summed E-state index contributed by atoms with van der Waals surface area (Å²) in [7, 11) is -9.93. The largest absolute Gasteiger partial charge is 0.472 e. The molecule has 0 aromatic rings. The SMILES string of the molecule is CCCCCCCCCCCCCCCCCCCCCCCCC(=O)OC[C@H](COP(=O)(O)OC[C@@H](O)COP(=O)(O)OC[C@@H](COC(=O)CCCCCCCCCC)OC(=O)CCCCCCCCCCCCCCCCCCCCCC)OC(=O)CCCCCCCCCCCCCCCCCCCCCCCC. The Morgan fingerprint density at radius 3 is 0.527 bits per heavy atom. The standard InChI is InChI=1S/C93H182O17P2/c1-5-9-13-17-21-25-28-31-34-37-40-43-45-48-50-53-56-59-62-66-70-74-78-91(96)104-84-89(110-93(98)80-76-72-68-64-61-58-55-52-49-46-44-41-38-35-32-29-26-22-18-14-10-6-2)86-108-112(101,102)106-82-87(94)81-105-111(99,100)107-85-88(83-103-90(95)77-73-69-65-24-20-16-12-8-4)109-92(97)79-75-71-67-63-60-57-54-51-47-42-39-36-33-30-27-23-19-15-11-7-3/h87-89,94H,5-86H2,1-4H3,(H,99,100)(H,101,102)/t87-,88+,89+/m0/s1. The molecule has 0 fully saturated rings. The molecule has 0 amide bonds. The first-order chi connectivity index (χ1) is 54.7. The lowest BCUT2D eigenvalue weighted by Gasteiger charge is -2.21. The third-order valence-corrected chi connectivity index (χ3v) is 24.0. The molecule has 0 aliphatic carbocycles. The number of ether oxygens (including phenoxy) is 4. The van der Waals surface area contributed by atoms with Gasteiger partial charge in [-0.1, -0.05) is 464 Å². The van der Waals surface area contributed by atoms with Crippen LogP contribution in [0.3, 0.4) is 0 Å². The molecule has 112 heavy (non-hydrogen) atoms. The highest BCUT2D eigenvalue weighted by molar-refractivity contribution is 7.47. The molecule has 0 radical (unpaired) electrons. The predicted octanol–water partition coefficient (Wildman–Crippen LogP) is 29.3. The number of unbranched alkanes of at least 4 members (excludes halogenated alkanes) is 68. The molecule has 17 nitrogen and oxygen atoms in total. The van der Waals surface area contributed by atoms with Gasteiger partial charge in [-0.15, -0.1) is 0 Å². The van der Waals surface area contributed by atoms with Crippen LogP contribution in [0.4, 0.5) is 0 Å². The van der Waals surface area contributed by atoms with E-state index in [0.29, 0.717) is 25.7 Å². The Morgan fingerprint density at radius 1 is 0.214 bits per heavy atom. The summed E-state index contributed by atoms with van der Waals surface area (Å²) in [5.74, 6) is -2.09. The Bertz CT molecular complexity index is 2100. The number of aliphatic hydroxyl groups is 1. The van der Waals surface area contributed by atoms with Gasteiger partial charge in [0.1, 0.15) is 19.3 Å². The summed E-state index contributed by atoms with van der Waals surface area (Å²) >= 11 is 0. The molecule has 0 aromatic carbocycles. The fraction of sp³-hybridized carbons (Fsp3) is 0.957. The summed E-state index contributed by atoms with van der Waals surface area (Å²) in [5.41, 5.74) is 0. The quantitative estimate of drug-likeness (QED) is 0.0222. The van der Waals surface area contributed by atoms with Gasteiger partial charge in [-0.2, -0.15) is 0 Å². The molecule has 19 heteroatoms. The van der Waals surface area contributed by atoms with Gasteiger partial charge in [-0.3, -0.25) is 37.3 Å². The summed E-state index contributed by atoms with van der Waals surface area (Å²) < 4.78 is 69.0. The molecular formula is C93H182O17P2. The molecular weight excluding hydrogens is 1450 g/mol. The molecule has 0 aliphatic heterocycles. The van der Waals surface area contributed by atoms with Crippen LogP contribution in [0.5, 0.6) is 0 Å². The van der Waals surface area contributed by atoms with Gasteiger partial charge in [0.15, 0.2) is 12.2 Å². The van der Waals surface area contributed by atoms with Crippen molar-refractivity contribution >= 4 is 39.5 Å². The summed E-state index contributed by atoms with van der Waals surface area (Å²) in [6.45, 7) is 5.06. The van der Waals surface area contributed by atoms with E-state index in [1.165, 1.54) is 347 Å². The van der Waals surface area contributed by atoms with Gasteiger partial charge in [0, 0.05) is 25.7 Å². The highest BCUT2D eigenvalue weighted by atomic mass is 31.2. The summed E-state index contributed by atoms with van der Waals surface area (Å²) in [4.78, 5) is 73.3. The van der Waals surface area contributed by atoms with Crippen molar-refractivity contribution in [1.82, 2.24) is 0 Å². The first-order valence-corrected chi connectivity index (χ1v) is 51.3. The Hall–Kier alpha value is -1.94. The molecule has 5 atom stereocenters. The minimum Gasteiger partial charge on any atom is -0.462 e. The van der Waals surface area contributed by atoms with E-state index < -0.39 is 97.5 Å². The van der Waals surface area contributed by atoms with Crippen LogP contribution in [-0.2, 0) is 65.4 Å². The smallest absolute Gasteiger partial charge is 0.462 e. The van der Waals surface area contributed by atoms with Gasteiger partial charge in [0.05, 0.1) is 26.4 Å². The van der Waals surface area contributed by atoms with Crippen molar-refractivity contribution in [3.8, 4) is 0 Å². The van der Waals surface area contributed by atoms with E-state index in [0.717, 1.165) is 89.9 Å². The molecule has 0 spiro atoms. The fourth-order valence-corrected chi connectivity index (χ4v) is 16.3. The summed E-state index contributed by atoms with van der Waals surface area (Å²) in [6, 6.07) is 0. The van der Waals surface area contributed by atoms with Crippen molar-refractivity contribution in [1.29, 1.82) is 0 Å². The van der Waals surface area contributed by atoms with Crippen molar-refractivity contribution in [3.63, 3.8) is 0 Å². The minimum atomic E-state index is -4.97. The first-order valence-electron chi connectivity index (χ1n) is 48.3. The monoisotopic (exact) mass is 1630 g/mol. The van der Waals surface area contributed by atoms with Crippen LogP contribution in [0.2, 0.25) is 0 Å². The average Bonchev–Trinajstić information content (AvgIpc) is 0.900. The van der Waals surface area contributed by atoms with E-state index in [-0.39, 0.29) is 25.7 Å². The van der Waals surface area contributed by atoms with E-state index in [2.05, 4.69) is 27.7 Å². The van der Waals surface area contributed by atoms with Gasteiger partial charge in [0.25, 0.3) is 0 Å². The second-order valence-corrected chi connectivity index (χ2v) is 36.3. The second kappa shape index (κ2) is 86.9. The average molecular weight is 1630 g/mol. The molecule has 0 saturated heterocycles.